The molecule has 0 spiro atoms. The summed E-state index contributed by atoms with van der Waals surface area (Å²) in [6.07, 6.45) is 13.6. The molecule has 0 saturated heterocycles. The van der Waals surface area contributed by atoms with Gasteiger partial charge < -0.3 is 24.8 Å². The number of aryl methyl sites for hydroxylation is 2. The van der Waals surface area contributed by atoms with E-state index in [2.05, 4.69) is 175 Å². The average Bonchev–Trinajstić information content (AvgIpc) is 3.60. The van der Waals surface area contributed by atoms with E-state index in [4.69, 9.17) is 0 Å². The molecule has 0 aliphatic heterocycles. The summed E-state index contributed by atoms with van der Waals surface area (Å²) in [7, 11) is 0. The summed E-state index contributed by atoms with van der Waals surface area (Å²) in [5.74, 6) is 0.926. The van der Waals surface area contributed by atoms with Crippen molar-refractivity contribution in [2.45, 2.75) is 54.4 Å². The molecule has 4 heteroatoms. The molecule has 46 heavy (non-hydrogen) atoms. The average molecular weight is 826 g/mol. The summed E-state index contributed by atoms with van der Waals surface area (Å²) in [6, 6.07) is 39.4. The van der Waals surface area contributed by atoms with Gasteiger partial charge in [-0.2, -0.15) is 23.3 Å². The van der Waals surface area contributed by atoms with Crippen LogP contribution in [0.25, 0.3) is 11.1 Å². The normalized spacial score (nSPS) is 16.1. The first-order chi connectivity index (χ1) is 21.3. The van der Waals surface area contributed by atoms with Crippen LogP contribution in [0.3, 0.4) is 0 Å². The maximum absolute atomic E-state index is 3.43. The fourth-order valence-electron chi connectivity index (χ4n) is 5.59. The predicted octanol–water partition coefficient (Wildman–Crippen LogP) is 3.41. The van der Waals surface area contributed by atoms with E-state index < -0.39 is 5.49 Å². The van der Waals surface area contributed by atoms with Crippen molar-refractivity contribution in [1.82, 2.24) is 0 Å². The first-order valence-electron chi connectivity index (χ1n) is 15.8. The summed E-state index contributed by atoms with van der Waals surface area (Å²) in [6.45, 7) is 13.0. The van der Waals surface area contributed by atoms with Crippen LogP contribution in [0.1, 0.15) is 63.8 Å². The molecule has 0 aromatic heterocycles. The van der Waals surface area contributed by atoms with Gasteiger partial charge in [-0.1, -0.05) is 102 Å². The second-order valence-corrected chi connectivity index (χ2v) is 18.8. The molecule has 0 nitrogen and oxygen atoms in total. The second kappa shape index (κ2) is 20.0. The third-order valence-corrected chi connectivity index (χ3v) is 16.0. The van der Waals surface area contributed by atoms with Gasteiger partial charge in [0.2, 0.25) is 0 Å². The van der Waals surface area contributed by atoms with Crippen LogP contribution < -0.4 is 35.2 Å². The van der Waals surface area contributed by atoms with Crippen LogP contribution in [0, 0.1) is 24.0 Å². The van der Waals surface area contributed by atoms with Crippen LogP contribution in [0.4, 0.5) is 0 Å². The van der Waals surface area contributed by atoms with E-state index in [1.54, 1.807) is 0 Å². The molecule has 0 saturated carbocycles. The topological polar surface area (TPSA) is 0 Å². The molecular formula is C42H44Cl2HfSi-2. The van der Waals surface area contributed by atoms with Gasteiger partial charge in [0.05, 0.1) is 0 Å². The third-order valence-electron chi connectivity index (χ3n) is 7.95. The van der Waals surface area contributed by atoms with Crippen molar-refractivity contribution in [3.05, 3.63) is 167 Å². The van der Waals surface area contributed by atoms with Crippen LogP contribution in [-0.4, -0.2) is 5.49 Å². The molecule has 0 amide bonds. The minimum absolute atomic E-state index is 0. The number of halogens is 2. The Kier molecular flexibility index (Phi) is 17.3. The number of hydrogen-bond donors (Lipinski definition) is 0. The molecule has 236 valence electrons. The summed E-state index contributed by atoms with van der Waals surface area (Å²) in [5, 5.41) is 3.07. The van der Waals surface area contributed by atoms with Gasteiger partial charge in [-0.3, -0.25) is 12.2 Å². The standard InChI is InChI=1S/2C15H17.C12H10Si.2ClH.Hf/c2*1-4-13-6-5-7-14(10-13)15-9-11(2)8-12(15)3;1-3-7-11(8-4-1)13-12-9-5-2-6-10-12;;;/h2*5-7,9-11H,4H2,1-3H3;1-10H;2*1H;/q2*-1;;;;+2/p-2. The van der Waals surface area contributed by atoms with Crippen molar-refractivity contribution in [3.63, 3.8) is 0 Å². The minimum atomic E-state index is -0.406. The van der Waals surface area contributed by atoms with Gasteiger partial charge in [0.1, 0.15) is 0 Å². The van der Waals surface area contributed by atoms with Gasteiger partial charge in [-0.05, 0) is 24.0 Å². The Bertz CT molecular complexity index is 1560. The molecule has 2 aliphatic carbocycles. The van der Waals surface area contributed by atoms with Crippen LogP contribution >= 0.6 is 0 Å². The van der Waals surface area contributed by atoms with Gasteiger partial charge in [-0.25, -0.2) is 11.1 Å². The van der Waals surface area contributed by atoms with E-state index in [1.807, 2.05) is 0 Å². The van der Waals surface area contributed by atoms with Crippen LogP contribution in [-0.2, 0) is 35.8 Å². The zero-order valence-electron chi connectivity index (χ0n) is 27.9. The second-order valence-electron chi connectivity index (χ2n) is 11.5. The molecular weight excluding hydrogens is 782 g/mol. The zero-order valence-corrected chi connectivity index (χ0v) is 34.0. The molecule has 0 radical (unpaired) electrons. The Morgan fingerprint density at radius 2 is 0.935 bits per heavy atom. The molecule has 2 aliphatic rings. The van der Waals surface area contributed by atoms with Gasteiger partial charge in [0.15, 0.2) is 0 Å². The van der Waals surface area contributed by atoms with Gasteiger partial charge in [0.25, 0.3) is 0 Å². The SMILES string of the molecule is CCc1cccc(C2=CC(C)[C-]=C2C)c1.CCc1cccc(C2=CC(C)[C-]=C2C)c1.[Cl-].[Cl-].[Hf+2]=[Si](c1ccccc1)c1ccccc1. The van der Waals surface area contributed by atoms with Crippen molar-refractivity contribution in [2.75, 3.05) is 0 Å². The fraction of sp³-hybridized carbons (Fsp3) is 0.238. The molecule has 4 aromatic rings. The maximum atomic E-state index is 3.43. The molecule has 2 unspecified atom stereocenters. The molecule has 4 aromatic carbocycles. The van der Waals surface area contributed by atoms with Crippen molar-refractivity contribution in [1.29, 1.82) is 0 Å². The Balaban J connectivity index is 0.000000235. The quantitative estimate of drug-likeness (QED) is 0.207. The van der Waals surface area contributed by atoms with E-state index in [1.165, 1.54) is 77.9 Å². The Morgan fingerprint density at radius 1 is 0.565 bits per heavy atom. The van der Waals surface area contributed by atoms with Crippen LogP contribution in [0.2, 0.25) is 0 Å². The summed E-state index contributed by atoms with van der Waals surface area (Å²) >= 11 is 1.27. The Morgan fingerprint density at radius 3 is 1.24 bits per heavy atom. The summed E-state index contributed by atoms with van der Waals surface area (Å²) in [5.41, 5.74) is 10.4. The first kappa shape index (κ1) is 39.7. The van der Waals surface area contributed by atoms with Crippen LogP contribution in [0.15, 0.2) is 132 Å². The Hall–Kier alpha value is -2.49. The Labute approximate surface area is 305 Å². The van der Waals surface area contributed by atoms with E-state index in [0.717, 1.165) is 12.8 Å². The summed E-state index contributed by atoms with van der Waals surface area (Å²) < 4.78 is 0. The number of rotatable bonds is 6. The predicted molar refractivity (Wildman–Crippen MR) is 189 cm³/mol. The van der Waals surface area contributed by atoms with E-state index in [9.17, 15) is 0 Å². The molecule has 6 rings (SSSR count). The first-order valence-corrected chi connectivity index (χ1v) is 22.7. The van der Waals surface area contributed by atoms with E-state index in [-0.39, 0.29) is 24.8 Å². The number of allylic oxidation sites excluding steroid dienone is 8. The zero-order chi connectivity index (χ0) is 31.5. The third kappa shape index (κ3) is 11.3. The van der Waals surface area contributed by atoms with Crippen molar-refractivity contribution < 1.29 is 47.8 Å². The van der Waals surface area contributed by atoms with Gasteiger partial charge in [-0.15, -0.1) is 11.1 Å². The van der Waals surface area contributed by atoms with Crippen molar-refractivity contribution >= 4 is 27.0 Å². The molecule has 0 fully saturated rings. The molecule has 2 atom stereocenters. The number of benzene rings is 4. The van der Waals surface area contributed by atoms with Crippen molar-refractivity contribution in [2.24, 2.45) is 11.8 Å². The number of hydrogen-bond acceptors (Lipinski definition) is 0. The van der Waals surface area contributed by atoms with Crippen LogP contribution in [0.5, 0.6) is 0 Å². The monoisotopic (exact) mass is 826 g/mol. The van der Waals surface area contributed by atoms with Gasteiger partial charge >= 0.3 is 99.5 Å². The molecule has 0 bridgehead atoms. The molecule has 0 N–H and O–H groups in total. The van der Waals surface area contributed by atoms with Gasteiger partial charge in [0, 0.05) is 0 Å². The van der Waals surface area contributed by atoms with E-state index >= 15 is 0 Å². The van der Waals surface area contributed by atoms with E-state index in [0.29, 0.717) is 11.8 Å². The molecule has 0 heterocycles. The van der Waals surface area contributed by atoms with Crippen molar-refractivity contribution in [3.8, 4) is 0 Å². The fourth-order valence-corrected chi connectivity index (χ4v) is 10.6. The summed E-state index contributed by atoms with van der Waals surface area (Å²) in [4.78, 5) is 0.